The average Bonchev–Trinajstić information content (AvgIpc) is 3.53. The van der Waals surface area contributed by atoms with Crippen molar-refractivity contribution in [2.75, 3.05) is 11.9 Å². The van der Waals surface area contributed by atoms with Crippen molar-refractivity contribution in [1.29, 1.82) is 0 Å². The van der Waals surface area contributed by atoms with E-state index in [1.54, 1.807) is 21.8 Å². The molecule has 4 aromatic rings. The van der Waals surface area contributed by atoms with Gasteiger partial charge in [0.2, 0.25) is 5.91 Å². The van der Waals surface area contributed by atoms with Crippen molar-refractivity contribution in [3.63, 3.8) is 0 Å². The molecular formula is C24H20N4O3. The van der Waals surface area contributed by atoms with Crippen LogP contribution >= 0.6 is 0 Å². The molecule has 1 N–H and O–H groups in total. The van der Waals surface area contributed by atoms with Crippen LogP contribution in [0.2, 0.25) is 0 Å². The predicted octanol–water partition coefficient (Wildman–Crippen LogP) is 3.64. The molecule has 1 saturated heterocycles. The van der Waals surface area contributed by atoms with E-state index in [1.165, 1.54) is 0 Å². The number of benzene rings is 2. The summed E-state index contributed by atoms with van der Waals surface area (Å²) < 4.78 is 7.56. The van der Waals surface area contributed by atoms with Gasteiger partial charge in [0, 0.05) is 36.4 Å². The van der Waals surface area contributed by atoms with Gasteiger partial charge in [0.25, 0.3) is 5.91 Å². The Bertz CT molecular complexity index is 1320. The first-order chi connectivity index (χ1) is 15.1. The summed E-state index contributed by atoms with van der Waals surface area (Å²) >= 11 is 0. The monoisotopic (exact) mass is 412 g/mol. The summed E-state index contributed by atoms with van der Waals surface area (Å²) in [6, 6.07) is 16.6. The first-order valence-electron chi connectivity index (χ1n) is 10.3. The van der Waals surface area contributed by atoms with E-state index >= 15 is 0 Å². The van der Waals surface area contributed by atoms with Crippen molar-refractivity contribution in [2.24, 2.45) is 7.05 Å². The molecule has 1 fully saturated rings. The smallest absolute Gasteiger partial charge is 0.290 e. The zero-order chi connectivity index (χ0) is 21.2. The summed E-state index contributed by atoms with van der Waals surface area (Å²) in [6.07, 6.45) is 4.15. The summed E-state index contributed by atoms with van der Waals surface area (Å²) in [5.74, 6) is -0.0274. The number of aryl methyl sites for hydroxylation is 1. The van der Waals surface area contributed by atoms with E-state index in [1.807, 2.05) is 61.8 Å². The Morgan fingerprint density at radius 3 is 2.81 bits per heavy atom. The molecule has 2 aromatic heterocycles. The molecule has 154 valence electrons. The minimum atomic E-state index is -0.860. The third kappa shape index (κ3) is 2.43. The summed E-state index contributed by atoms with van der Waals surface area (Å²) in [7, 11) is 1.83. The highest BCUT2D eigenvalue weighted by atomic mass is 16.3. The average molecular weight is 412 g/mol. The topological polar surface area (TPSA) is 80.4 Å². The summed E-state index contributed by atoms with van der Waals surface area (Å²) in [5.41, 5.74) is 2.37. The number of furan rings is 1. The van der Waals surface area contributed by atoms with Crippen LogP contribution in [0.3, 0.4) is 0 Å². The molecule has 0 bridgehead atoms. The number of hydrogen-bond acceptors (Lipinski definition) is 4. The molecule has 0 radical (unpaired) electrons. The second-order valence-corrected chi connectivity index (χ2v) is 8.22. The van der Waals surface area contributed by atoms with Crippen LogP contribution in [0.5, 0.6) is 0 Å². The van der Waals surface area contributed by atoms with Crippen molar-refractivity contribution >= 4 is 28.5 Å². The number of carbonyl (C=O) groups excluding carboxylic acids is 2. The fourth-order valence-corrected chi connectivity index (χ4v) is 5.18. The number of rotatable bonds is 2. The van der Waals surface area contributed by atoms with Crippen molar-refractivity contribution in [3.8, 4) is 0 Å². The van der Waals surface area contributed by atoms with E-state index < -0.39 is 11.5 Å². The summed E-state index contributed by atoms with van der Waals surface area (Å²) in [5, 5.41) is 8.23. The van der Waals surface area contributed by atoms with E-state index in [2.05, 4.69) is 10.4 Å². The number of hydrogen-bond donors (Lipinski definition) is 1. The van der Waals surface area contributed by atoms with Crippen LogP contribution < -0.4 is 5.32 Å². The van der Waals surface area contributed by atoms with Crippen LogP contribution in [-0.4, -0.2) is 33.0 Å². The lowest BCUT2D eigenvalue weighted by molar-refractivity contribution is -0.121. The van der Waals surface area contributed by atoms with Crippen LogP contribution in [-0.2, 0) is 17.3 Å². The van der Waals surface area contributed by atoms with E-state index in [0.29, 0.717) is 18.5 Å². The largest absolute Gasteiger partial charge is 0.451 e. The Labute approximate surface area is 178 Å². The molecule has 2 aromatic carbocycles. The molecule has 2 aliphatic rings. The SMILES string of the molecule is Cn1cc([C@@H]2N(C(=O)c3cc4ccccc4o3)CC[C@]23C(=O)Nc2ccccc23)cn1. The minimum absolute atomic E-state index is 0.0811. The molecule has 0 saturated carbocycles. The predicted molar refractivity (Wildman–Crippen MR) is 115 cm³/mol. The molecule has 2 atom stereocenters. The van der Waals surface area contributed by atoms with Gasteiger partial charge >= 0.3 is 0 Å². The number of para-hydroxylation sites is 2. The number of nitrogens with one attached hydrogen (secondary N) is 1. The Hall–Kier alpha value is -3.87. The first-order valence-corrected chi connectivity index (χ1v) is 10.3. The first kappa shape index (κ1) is 17.9. The van der Waals surface area contributed by atoms with Gasteiger partial charge in [-0.15, -0.1) is 0 Å². The summed E-state index contributed by atoms with van der Waals surface area (Å²) in [6.45, 7) is 0.442. The molecule has 1 spiro atoms. The van der Waals surface area contributed by atoms with Crippen LogP contribution in [0.15, 0.2) is 71.4 Å². The van der Waals surface area contributed by atoms with Gasteiger partial charge in [0.1, 0.15) is 11.0 Å². The number of amides is 2. The van der Waals surface area contributed by atoms with Gasteiger partial charge in [-0.25, -0.2) is 0 Å². The summed E-state index contributed by atoms with van der Waals surface area (Å²) in [4.78, 5) is 28.8. The van der Waals surface area contributed by atoms with E-state index in [-0.39, 0.29) is 17.6 Å². The lowest BCUT2D eigenvalue weighted by Gasteiger charge is -2.33. The molecule has 2 amide bonds. The zero-order valence-electron chi connectivity index (χ0n) is 16.9. The fraction of sp³-hybridized carbons (Fsp3) is 0.208. The molecular weight excluding hydrogens is 392 g/mol. The van der Waals surface area contributed by atoms with Crippen molar-refractivity contribution in [3.05, 3.63) is 83.9 Å². The van der Waals surface area contributed by atoms with Gasteiger partial charge in [-0.05, 0) is 30.2 Å². The van der Waals surface area contributed by atoms with Crippen molar-refractivity contribution < 1.29 is 14.0 Å². The number of likely N-dealkylation sites (tertiary alicyclic amines) is 1. The Kier molecular flexibility index (Phi) is 3.65. The second kappa shape index (κ2) is 6.31. The normalized spacial score (nSPS) is 22.3. The molecule has 4 heterocycles. The standard InChI is InChI=1S/C24H20N4O3/c1-27-14-16(13-25-27)21-24(17-7-3-4-8-18(17)26-23(24)30)10-11-28(21)22(29)20-12-15-6-2-5-9-19(15)31-20/h2-9,12-14,21H,10-11H2,1H3,(H,26,30)/t21-,24+/m0/s1. The van der Waals surface area contributed by atoms with Crippen molar-refractivity contribution in [1.82, 2.24) is 14.7 Å². The lowest BCUT2D eigenvalue weighted by Crippen LogP contribution is -2.42. The molecule has 0 aliphatic carbocycles. The number of anilines is 1. The molecule has 6 rings (SSSR count). The van der Waals surface area contributed by atoms with Gasteiger partial charge in [0.15, 0.2) is 5.76 Å². The number of nitrogens with zero attached hydrogens (tertiary/aromatic N) is 3. The van der Waals surface area contributed by atoms with Gasteiger partial charge in [-0.3, -0.25) is 14.3 Å². The van der Waals surface area contributed by atoms with Crippen LogP contribution in [0, 0.1) is 0 Å². The third-order valence-electron chi connectivity index (χ3n) is 6.52. The van der Waals surface area contributed by atoms with Crippen LogP contribution in [0.25, 0.3) is 11.0 Å². The molecule has 7 nitrogen and oxygen atoms in total. The Morgan fingerprint density at radius 2 is 2.00 bits per heavy atom. The third-order valence-corrected chi connectivity index (χ3v) is 6.52. The zero-order valence-corrected chi connectivity index (χ0v) is 16.9. The maximum absolute atomic E-state index is 13.6. The Morgan fingerprint density at radius 1 is 1.19 bits per heavy atom. The minimum Gasteiger partial charge on any atom is -0.451 e. The second-order valence-electron chi connectivity index (χ2n) is 8.22. The number of fused-ring (bicyclic) bond motifs is 3. The molecule has 2 aliphatic heterocycles. The van der Waals surface area contributed by atoms with Gasteiger partial charge in [-0.1, -0.05) is 36.4 Å². The van der Waals surface area contributed by atoms with Crippen molar-refractivity contribution in [2.45, 2.75) is 17.9 Å². The highest BCUT2D eigenvalue weighted by Gasteiger charge is 2.59. The van der Waals surface area contributed by atoms with E-state index in [4.69, 9.17) is 4.42 Å². The highest BCUT2D eigenvalue weighted by molar-refractivity contribution is 6.08. The van der Waals surface area contributed by atoms with E-state index in [9.17, 15) is 9.59 Å². The quantitative estimate of drug-likeness (QED) is 0.545. The molecule has 7 heteroatoms. The van der Waals surface area contributed by atoms with Gasteiger partial charge < -0.3 is 14.6 Å². The fourth-order valence-electron chi connectivity index (χ4n) is 5.18. The van der Waals surface area contributed by atoms with Gasteiger partial charge in [0.05, 0.1) is 12.2 Å². The maximum atomic E-state index is 13.6. The maximum Gasteiger partial charge on any atom is 0.290 e. The Balaban J connectivity index is 1.50. The molecule has 0 unspecified atom stereocenters. The number of aromatic nitrogens is 2. The van der Waals surface area contributed by atoms with E-state index in [0.717, 1.165) is 22.2 Å². The number of carbonyl (C=O) groups is 2. The lowest BCUT2D eigenvalue weighted by atomic mass is 9.73. The van der Waals surface area contributed by atoms with Crippen LogP contribution in [0.1, 0.15) is 34.1 Å². The van der Waals surface area contributed by atoms with Gasteiger partial charge in [-0.2, -0.15) is 5.10 Å². The van der Waals surface area contributed by atoms with Crippen LogP contribution in [0.4, 0.5) is 5.69 Å². The highest BCUT2D eigenvalue weighted by Crippen LogP contribution is 2.54. The molecule has 31 heavy (non-hydrogen) atoms.